The van der Waals surface area contributed by atoms with Crippen molar-refractivity contribution < 1.29 is 129 Å². The quantitative estimate of drug-likeness (QED) is 0.127. The first-order valence-electron chi connectivity index (χ1n) is 1.56. The van der Waals surface area contributed by atoms with Crippen molar-refractivity contribution in [2.24, 2.45) is 0 Å². The summed E-state index contributed by atoms with van der Waals surface area (Å²) in [6.45, 7) is 0. The van der Waals surface area contributed by atoms with Gasteiger partial charge in [0.25, 0.3) is 0 Å². The van der Waals surface area contributed by atoms with E-state index in [2.05, 4.69) is 4.33 Å². The molecule has 17 heteroatoms. The van der Waals surface area contributed by atoms with Gasteiger partial charge in [-0.1, -0.05) is 4.33 Å². The first kappa shape index (κ1) is 50.4. The Bertz CT molecular complexity index is 278. The van der Waals surface area contributed by atoms with Crippen molar-refractivity contribution in [3.8, 4) is 0 Å². The van der Waals surface area contributed by atoms with Crippen LogP contribution >= 0.6 is 17.0 Å². The van der Waals surface area contributed by atoms with Crippen molar-refractivity contribution in [1.82, 2.24) is 0 Å². The maximum Gasteiger partial charge on any atom is 1.00 e. The zero-order valence-electron chi connectivity index (χ0n) is 9.43. The molecule has 0 atom stereocenters. The van der Waals surface area contributed by atoms with Crippen LogP contribution in [0.3, 0.4) is 0 Å². The number of hydrogen-bond donors (Lipinski definition) is 4. The minimum Gasteiger partial charge on any atom is -1.00 e. The zero-order valence-corrected chi connectivity index (χ0v) is 17.4. The van der Waals surface area contributed by atoms with E-state index >= 15 is 0 Å². The Kier molecular flexibility index (Phi) is 70.1. The first-order chi connectivity index (χ1) is 4.56. The summed E-state index contributed by atoms with van der Waals surface area (Å²) in [5, 5.41) is 7.06. The van der Waals surface area contributed by atoms with Crippen molar-refractivity contribution in [1.29, 1.82) is 0 Å². The average Bonchev–Trinajstić information content (AvgIpc) is 1.59. The van der Waals surface area contributed by atoms with Gasteiger partial charge < -0.3 is 29.4 Å². The molecule has 0 aromatic rings. The molecule has 0 fully saturated rings. The summed E-state index contributed by atoms with van der Waals surface area (Å²) in [5.41, 5.74) is 0. The molecule has 0 aliphatic rings. The van der Waals surface area contributed by atoms with Crippen LogP contribution in [-0.2, 0) is 25.1 Å². The van der Waals surface area contributed by atoms with Gasteiger partial charge in [-0.3, -0.25) is 13.7 Å². The van der Waals surface area contributed by atoms with Crippen LogP contribution < -0.4 is 76.1 Å². The number of rotatable bonds is 1. The van der Waals surface area contributed by atoms with Crippen LogP contribution in [0.1, 0.15) is 1.43 Å². The van der Waals surface area contributed by atoms with E-state index < -0.39 is 20.8 Å². The Morgan fingerprint density at radius 3 is 0.941 bits per heavy atom. The van der Waals surface area contributed by atoms with Crippen LogP contribution in [0, 0.1) is 0 Å². The van der Waals surface area contributed by atoms with Gasteiger partial charge in [-0.05, 0) is 0 Å². The van der Waals surface area contributed by atoms with Crippen molar-refractivity contribution >= 4 is 37.8 Å². The predicted octanol–water partition coefficient (Wildman–Crippen LogP) is -11.3. The van der Waals surface area contributed by atoms with Gasteiger partial charge in [-0.15, -0.1) is 17.0 Å². The van der Waals surface area contributed by atoms with Crippen LogP contribution in [0.4, 0.5) is 0 Å². The minimum absolute atomic E-state index is 0. The average molecular weight is 456 g/mol. The topological polar surface area (TPSA) is 221 Å². The van der Waals surface area contributed by atoms with Gasteiger partial charge >= 0.3 is 79.9 Å². The largest absolute Gasteiger partial charge is 1.00 e. The molecule has 11 nitrogen and oxygen atoms in total. The van der Waals surface area contributed by atoms with Crippen molar-refractivity contribution in [2.45, 2.75) is 0 Å². The van der Waals surface area contributed by atoms with Crippen LogP contribution in [0.25, 0.3) is 0 Å². The maximum absolute atomic E-state index is 9.08. The molecule has 0 aliphatic carbocycles. The second-order valence-corrected chi connectivity index (χ2v) is 2.85. The molecule has 0 rings (SSSR count). The molecule has 0 saturated heterocycles. The third-order valence-corrected chi connectivity index (χ3v) is 0.283. The number of hydrogen-bond acceptors (Lipinski definition) is 6. The van der Waals surface area contributed by atoms with E-state index in [9.17, 15) is 0 Å². The van der Waals surface area contributed by atoms with Gasteiger partial charge in [0.15, 0.2) is 0 Å². The second-order valence-electron chi connectivity index (χ2n) is 0.950. The van der Waals surface area contributed by atoms with E-state index in [1.54, 1.807) is 0 Å². The Hall–Kier alpha value is 2.58. The summed E-state index contributed by atoms with van der Waals surface area (Å²) in [4.78, 5) is 0. The zero-order chi connectivity index (χ0) is 9.71. The van der Waals surface area contributed by atoms with E-state index in [0.717, 1.165) is 0 Å². The summed E-state index contributed by atoms with van der Waals surface area (Å²) in [6, 6.07) is 0. The minimum atomic E-state index is -4.67. The molecule has 0 aromatic heterocycles. The molecule has 0 radical (unpaired) electrons. The molecule has 104 valence electrons. The van der Waals surface area contributed by atoms with Crippen LogP contribution in [0.2, 0.25) is 0 Å². The molecular weight excluding hydrogens is 446 g/mol. The summed E-state index contributed by atoms with van der Waals surface area (Å²) >= 11 is 0. The van der Waals surface area contributed by atoms with Crippen molar-refractivity contribution in [3.63, 3.8) is 0 Å². The van der Waals surface area contributed by atoms with Crippen molar-refractivity contribution in [3.05, 3.63) is 0 Å². The molecule has 0 aromatic carbocycles. The summed E-state index contributed by atoms with van der Waals surface area (Å²) in [7, 11) is -9.27. The Morgan fingerprint density at radius 1 is 0.882 bits per heavy atom. The smallest absolute Gasteiger partial charge is 1.00 e. The van der Waals surface area contributed by atoms with Crippen molar-refractivity contribution in [2.75, 3.05) is 0 Å². The van der Waals surface area contributed by atoms with Crippen LogP contribution in [0.15, 0.2) is 0 Å². The molecule has 8 N–H and O–H groups in total. The van der Waals surface area contributed by atoms with Gasteiger partial charge in [0.2, 0.25) is 0 Å². The Labute approximate surface area is 164 Å². The third kappa shape index (κ3) is 164. The first-order valence-corrected chi connectivity index (χ1v) is 4.33. The van der Waals surface area contributed by atoms with Gasteiger partial charge in [-0.25, -0.2) is 5.26 Å². The third-order valence-electron chi connectivity index (χ3n) is 0.0942. The fraction of sp³-hybridized carbons (Fsp3) is 0. The van der Waals surface area contributed by atoms with E-state index in [0.29, 0.717) is 0 Å². The van der Waals surface area contributed by atoms with Crippen LogP contribution in [-0.4, -0.2) is 46.7 Å². The van der Waals surface area contributed by atoms with E-state index in [1.165, 1.54) is 0 Å². The predicted molar refractivity (Wildman–Crippen MR) is 48.1 cm³/mol. The fourth-order valence-electron chi connectivity index (χ4n) is 0. The SMILES string of the molecule is Br.O.O.O=S(=O)(O)O.O=S(=O)(O)OO.[Br-].[H-].[Na+].[Na+]. The normalized spacial score (nSPS) is 7.53. The van der Waals surface area contributed by atoms with Gasteiger partial charge in [-0.2, -0.15) is 16.8 Å². The molecule has 17 heavy (non-hydrogen) atoms. The summed E-state index contributed by atoms with van der Waals surface area (Å²) in [5.74, 6) is 0. The van der Waals surface area contributed by atoms with E-state index in [-0.39, 0.29) is 105 Å². The molecule has 0 aliphatic heterocycles. The summed E-state index contributed by atoms with van der Waals surface area (Å²) < 4.78 is 59.5. The second kappa shape index (κ2) is 23.7. The molecule has 0 unspecified atom stereocenters. The molecular formula is H10Br2Na2O11S2. The fourth-order valence-corrected chi connectivity index (χ4v) is 0. The standard InChI is InChI=1S/2BrH.2Na.H2O5S.H2O4S.2H2O.H/c;;;;1-5-6(2,3)4;1-5(2,3)4;;;/h2*1H;;;1H,(H,2,3,4);(H2,1,2,3,4);2*1H2;/q;;2*+1;;;;;-1/p-1. The van der Waals surface area contributed by atoms with Gasteiger partial charge in [0, 0.05) is 0 Å². The Morgan fingerprint density at radius 2 is 0.941 bits per heavy atom. The number of halogens is 2. The van der Waals surface area contributed by atoms with Gasteiger partial charge in [0.05, 0.1) is 0 Å². The monoisotopic (exact) mass is 454 g/mol. The molecule has 0 saturated carbocycles. The summed E-state index contributed by atoms with van der Waals surface area (Å²) in [6.07, 6.45) is 0. The van der Waals surface area contributed by atoms with E-state index in [4.69, 9.17) is 35.8 Å². The molecule has 0 bridgehead atoms. The Balaban J connectivity index is -0.00000000931. The van der Waals surface area contributed by atoms with Gasteiger partial charge in [0.1, 0.15) is 0 Å². The molecule has 0 amide bonds. The molecule has 0 spiro atoms. The van der Waals surface area contributed by atoms with Crippen LogP contribution in [0.5, 0.6) is 0 Å². The molecule has 0 heterocycles. The maximum atomic E-state index is 9.08. The van der Waals surface area contributed by atoms with E-state index in [1.807, 2.05) is 0 Å².